The molecule has 4 aromatic carbocycles. The maximum Gasteiger partial charge on any atom is 0.336 e. The van der Waals surface area contributed by atoms with Gasteiger partial charge in [-0.05, 0) is 90.0 Å². The number of nitrogens with zero attached hydrogens (tertiary/aromatic N) is 1. The molecule has 4 aromatic rings. The first-order chi connectivity index (χ1) is 32.6. The number of carbonyl (C=O) groups is 5. The summed E-state index contributed by atoms with van der Waals surface area (Å²) in [6.07, 6.45) is 0.674. The summed E-state index contributed by atoms with van der Waals surface area (Å²) in [6, 6.07) is 25.2. The number of phenols is 1. The number of carboxylic acid groups (broad SMARTS) is 3. The summed E-state index contributed by atoms with van der Waals surface area (Å²) in [5.74, 6) is -4.79. The third kappa shape index (κ3) is 8.08. The maximum absolute atomic E-state index is 13.5. The largest absolute Gasteiger partial charge is 0.508 e. The van der Waals surface area contributed by atoms with Gasteiger partial charge in [-0.25, -0.2) is 14.4 Å². The van der Waals surface area contributed by atoms with Crippen LogP contribution in [0, 0.1) is 5.41 Å². The van der Waals surface area contributed by atoms with Gasteiger partial charge < -0.3 is 54.9 Å². The van der Waals surface area contributed by atoms with E-state index in [0.717, 1.165) is 11.8 Å². The van der Waals surface area contributed by atoms with Gasteiger partial charge in [0.15, 0.2) is 11.5 Å². The van der Waals surface area contributed by atoms with Crippen molar-refractivity contribution >= 4 is 57.3 Å². The first kappa shape index (κ1) is 44.0. The standard InChI is InChI=1S/C51H38N4O13/c1-55(2)27-6-12-33-42(20-27)67-41-19-26(52)5-11-32(41)44(33)30-9-3-24(17-36(30)50(62)63)47(58)53-22-29-8-16-40(66-29)48(59)54-23-38-39(57)15-14-35-45(34-13-7-28(56)21-43(34)68-46(35)38)31-10-4-25(49(60)61)18-37(31)51(64)65/h3-15,17-21,40,52,56H,16,22-23H2,1-2H3,(H,53,58)(H,54,59)(H,60,61)(H,62,63)(H,64,65). The predicted molar refractivity (Wildman–Crippen MR) is 247 cm³/mol. The monoisotopic (exact) mass is 914 g/mol. The van der Waals surface area contributed by atoms with Crippen LogP contribution >= 0.6 is 0 Å². The lowest BCUT2D eigenvalue weighted by atomic mass is 9.88. The van der Waals surface area contributed by atoms with E-state index in [1.54, 1.807) is 30.3 Å². The molecule has 7 N–H and O–H groups in total. The van der Waals surface area contributed by atoms with Crippen molar-refractivity contribution in [1.82, 2.24) is 10.6 Å². The van der Waals surface area contributed by atoms with Crippen LogP contribution in [0.1, 0.15) is 53.4 Å². The van der Waals surface area contributed by atoms with Crippen LogP contribution in [0.4, 0.5) is 5.69 Å². The number of anilines is 1. The van der Waals surface area contributed by atoms with E-state index in [0.29, 0.717) is 38.8 Å². The Hall–Kier alpha value is -9.25. The van der Waals surface area contributed by atoms with Crippen LogP contribution < -0.4 is 26.3 Å². The normalized spacial score (nSPS) is 13.3. The van der Waals surface area contributed by atoms with Gasteiger partial charge in [-0.3, -0.25) is 14.4 Å². The zero-order valence-corrected chi connectivity index (χ0v) is 36.0. The molecule has 3 aliphatic heterocycles. The molecule has 17 heteroatoms. The second-order valence-corrected chi connectivity index (χ2v) is 16.2. The number of carboxylic acids is 3. The van der Waals surface area contributed by atoms with Gasteiger partial charge in [-0.15, -0.1) is 0 Å². The van der Waals surface area contributed by atoms with E-state index in [9.17, 15) is 49.2 Å². The number of carbonyl (C=O) groups excluding carboxylic acids is 2. The Morgan fingerprint density at radius 2 is 1.31 bits per heavy atom. The number of aromatic carboxylic acids is 3. The van der Waals surface area contributed by atoms with Crippen molar-refractivity contribution in [2.75, 3.05) is 25.5 Å². The molecule has 3 heterocycles. The zero-order chi connectivity index (χ0) is 48.1. The molecule has 68 heavy (non-hydrogen) atoms. The van der Waals surface area contributed by atoms with Crippen LogP contribution in [0.25, 0.3) is 66.8 Å². The first-order valence-corrected chi connectivity index (χ1v) is 20.9. The fourth-order valence-corrected chi connectivity index (χ4v) is 8.39. The predicted octanol–water partition coefficient (Wildman–Crippen LogP) is 7.15. The van der Waals surface area contributed by atoms with Crippen LogP contribution in [0.5, 0.6) is 5.75 Å². The number of hydrogen-bond acceptors (Lipinski definition) is 12. The minimum atomic E-state index is -1.41. The zero-order valence-electron chi connectivity index (χ0n) is 36.0. The van der Waals surface area contributed by atoms with Crippen molar-refractivity contribution in [3.63, 3.8) is 0 Å². The highest BCUT2D eigenvalue weighted by molar-refractivity contribution is 6.10. The van der Waals surface area contributed by atoms with Crippen LogP contribution in [0.15, 0.2) is 129 Å². The van der Waals surface area contributed by atoms with E-state index in [2.05, 4.69) is 10.6 Å². The molecule has 17 nitrogen and oxygen atoms in total. The van der Waals surface area contributed by atoms with Crippen LogP contribution in [-0.4, -0.2) is 76.9 Å². The number of nitrogens with one attached hydrogen (secondary N) is 3. The van der Waals surface area contributed by atoms with Crippen LogP contribution in [-0.2, 0) is 16.1 Å². The molecule has 0 aromatic heterocycles. The molecule has 2 aliphatic carbocycles. The third-order valence-electron chi connectivity index (χ3n) is 11.7. The Morgan fingerprint density at radius 3 is 2.00 bits per heavy atom. The lowest BCUT2D eigenvalue weighted by Gasteiger charge is -2.20. The lowest BCUT2D eigenvalue weighted by molar-refractivity contribution is -0.129. The lowest BCUT2D eigenvalue weighted by Crippen LogP contribution is -2.36. The quantitative estimate of drug-likeness (QED) is 0.0600. The third-order valence-corrected chi connectivity index (χ3v) is 11.7. The molecule has 9 rings (SSSR count). The van der Waals surface area contributed by atoms with Crippen molar-refractivity contribution < 1.29 is 58.0 Å². The second kappa shape index (κ2) is 17.3. The average molecular weight is 915 g/mol. The highest BCUT2D eigenvalue weighted by Crippen LogP contribution is 2.44. The van der Waals surface area contributed by atoms with Gasteiger partial charge in [-0.2, -0.15) is 0 Å². The molecule has 340 valence electrons. The summed E-state index contributed by atoms with van der Waals surface area (Å²) in [6.45, 7) is -0.501. The number of hydrogen-bond donors (Lipinski definition) is 7. The molecule has 1 atom stereocenters. The van der Waals surface area contributed by atoms with E-state index in [4.69, 9.17) is 19.0 Å². The molecular weight excluding hydrogens is 877 g/mol. The molecule has 5 aliphatic rings. The summed E-state index contributed by atoms with van der Waals surface area (Å²) < 4.78 is 18.2. The molecule has 0 saturated heterocycles. The molecule has 0 saturated carbocycles. The number of benzene rings is 6. The van der Waals surface area contributed by atoms with E-state index in [1.165, 1.54) is 54.6 Å². The molecule has 0 fully saturated rings. The Labute approximate surface area is 384 Å². The number of aromatic hydroxyl groups is 1. The average Bonchev–Trinajstić information content (AvgIpc) is 3.80. The van der Waals surface area contributed by atoms with Gasteiger partial charge in [0, 0.05) is 83.0 Å². The van der Waals surface area contributed by atoms with Gasteiger partial charge in [0.05, 0.1) is 40.7 Å². The minimum absolute atomic E-state index is 0.00401. The van der Waals surface area contributed by atoms with Crippen molar-refractivity contribution in [1.29, 1.82) is 5.41 Å². The van der Waals surface area contributed by atoms with Crippen molar-refractivity contribution in [3.05, 3.63) is 158 Å². The smallest absolute Gasteiger partial charge is 0.336 e. The minimum Gasteiger partial charge on any atom is -0.508 e. The number of rotatable bonds is 12. The fourth-order valence-electron chi connectivity index (χ4n) is 8.39. The molecular formula is C51H38N4O13. The Bertz CT molecular complexity index is 3550. The van der Waals surface area contributed by atoms with Crippen molar-refractivity contribution in [3.8, 4) is 50.7 Å². The summed E-state index contributed by atoms with van der Waals surface area (Å²) >= 11 is 0. The second-order valence-electron chi connectivity index (χ2n) is 16.2. The fraction of sp³-hybridized carbons (Fsp3) is 0.118. The van der Waals surface area contributed by atoms with Gasteiger partial charge in [0.2, 0.25) is 0 Å². The van der Waals surface area contributed by atoms with Crippen LogP contribution in [0.3, 0.4) is 0 Å². The molecule has 1 unspecified atom stereocenters. The van der Waals surface area contributed by atoms with E-state index in [1.807, 2.05) is 37.2 Å². The molecule has 2 amide bonds. The first-order valence-electron chi connectivity index (χ1n) is 20.9. The summed E-state index contributed by atoms with van der Waals surface area (Å²) in [4.78, 5) is 79.3. The number of amides is 2. The maximum atomic E-state index is 13.5. The molecule has 0 bridgehead atoms. The Morgan fingerprint density at radius 1 is 0.676 bits per heavy atom. The molecule has 0 spiro atoms. The van der Waals surface area contributed by atoms with Crippen LogP contribution in [0.2, 0.25) is 0 Å². The van der Waals surface area contributed by atoms with E-state index >= 15 is 0 Å². The molecule has 0 radical (unpaired) electrons. The van der Waals surface area contributed by atoms with Gasteiger partial charge >= 0.3 is 17.9 Å². The SMILES string of the molecule is CN(C)c1ccc2c(-c3ccc(C(=O)NCC4=CCC(C(=O)NCc5c6oc7cc(O)ccc7c(-c7ccc(C(=O)O)cc7C(=O)O)c-6ccc5=O)O4)cc3C(=O)O)c3ccc(=N)cc-3oc2c1. The number of fused-ring (bicyclic) bond motifs is 4. The van der Waals surface area contributed by atoms with Crippen molar-refractivity contribution in [2.45, 2.75) is 19.1 Å². The van der Waals surface area contributed by atoms with Gasteiger partial charge in [0.25, 0.3) is 11.8 Å². The number of ether oxygens (including phenoxy) is 1. The summed E-state index contributed by atoms with van der Waals surface area (Å²) in [5.41, 5.74) is 2.33. The topological polar surface area (TPSA) is 270 Å². The Kier molecular flexibility index (Phi) is 11.2. The van der Waals surface area contributed by atoms with E-state index in [-0.39, 0.29) is 92.2 Å². The van der Waals surface area contributed by atoms with Gasteiger partial charge in [-0.1, -0.05) is 12.1 Å². The Balaban J connectivity index is 0.915. The van der Waals surface area contributed by atoms with E-state index < -0.39 is 41.3 Å². The summed E-state index contributed by atoms with van der Waals surface area (Å²) in [5, 5.41) is 55.2. The number of phenolic OH excluding ortho intramolecular Hbond substituents is 1. The van der Waals surface area contributed by atoms with Gasteiger partial charge in [0.1, 0.15) is 34.2 Å². The highest BCUT2D eigenvalue weighted by Gasteiger charge is 2.30. The summed E-state index contributed by atoms with van der Waals surface area (Å²) in [7, 11) is 3.76. The van der Waals surface area contributed by atoms with Crippen molar-refractivity contribution in [2.24, 2.45) is 0 Å². The highest BCUT2D eigenvalue weighted by atomic mass is 16.5.